The second-order valence-electron chi connectivity index (χ2n) is 14.9. The Labute approximate surface area is 344 Å². The van der Waals surface area contributed by atoms with Crippen LogP contribution in [-0.4, -0.2) is 32.8 Å². The molecule has 2 atom stereocenters. The van der Waals surface area contributed by atoms with Crippen LogP contribution < -0.4 is 5.32 Å². The van der Waals surface area contributed by atoms with Gasteiger partial charge in [-0.15, -0.1) is 0 Å². The van der Waals surface area contributed by atoms with E-state index < -0.39 is 29.6 Å². The molecule has 7 aromatic rings. The molecule has 7 nitrogen and oxygen atoms in total. The first-order valence-electron chi connectivity index (χ1n) is 19.8. The number of hydrogen-bond acceptors (Lipinski definition) is 5. The van der Waals surface area contributed by atoms with Crippen LogP contribution in [0.3, 0.4) is 0 Å². The SMILES string of the molecule is CC(C)c1c(C(=O)Nc2ccccc2)c(-c2ccccc2)c(-c2ccc(F)cc2)n1CC[C@@H](O)C[14C](=O)O[C@@H](c1ccccc1)C(O)(c1ccccc1)c1ccccc1. The fourth-order valence-corrected chi connectivity index (χ4v) is 7.84. The molecule has 0 spiro atoms. The Hall–Kier alpha value is -6.61. The van der Waals surface area contributed by atoms with E-state index in [-0.39, 0.29) is 31.2 Å². The number of aliphatic hydroxyl groups excluding tert-OH is 1. The van der Waals surface area contributed by atoms with Crippen LogP contribution in [0, 0.1) is 5.82 Å². The number of aromatic nitrogens is 1. The third kappa shape index (κ3) is 8.94. The third-order valence-corrected chi connectivity index (χ3v) is 10.5. The molecule has 298 valence electrons. The van der Waals surface area contributed by atoms with Crippen molar-refractivity contribution in [2.24, 2.45) is 0 Å². The number of carbonyl (C=O) groups is 2. The largest absolute Gasteiger partial charge is 0.454 e. The van der Waals surface area contributed by atoms with E-state index in [0.29, 0.717) is 44.8 Å². The predicted molar refractivity (Wildman–Crippen MR) is 230 cm³/mol. The molecular weight excluding hydrogens is 742 g/mol. The molecule has 0 aliphatic rings. The smallest absolute Gasteiger partial charge is 0.309 e. The van der Waals surface area contributed by atoms with Crippen molar-refractivity contribution in [2.75, 3.05) is 5.32 Å². The first-order chi connectivity index (χ1) is 28.6. The lowest BCUT2D eigenvalue weighted by Crippen LogP contribution is -2.38. The van der Waals surface area contributed by atoms with Crippen molar-refractivity contribution in [3.8, 4) is 22.4 Å². The quantitative estimate of drug-likeness (QED) is 0.0899. The minimum Gasteiger partial charge on any atom is -0.454 e. The minimum atomic E-state index is -1.77. The van der Waals surface area contributed by atoms with Crippen LogP contribution in [0.1, 0.15) is 71.5 Å². The Morgan fingerprint density at radius 1 is 0.729 bits per heavy atom. The molecule has 0 fully saturated rings. The number of anilines is 1. The summed E-state index contributed by atoms with van der Waals surface area (Å²) in [7, 11) is 0. The van der Waals surface area contributed by atoms with Crippen LogP contribution in [0.4, 0.5) is 10.1 Å². The maximum atomic E-state index is 14.5. The van der Waals surface area contributed by atoms with Gasteiger partial charge in [0, 0.05) is 23.5 Å². The first-order valence-corrected chi connectivity index (χ1v) is 19.8. The first kappa shape index (κ1) is 40.6. The molecule has 0 radical (unpaired) electrons. The number of carbonyl (C=O) groups excluding carboxylic acids is 2. The zero-order valence-corrected chi connectivity index (χ0v) is 33.0. The van der Waals surface area contributed by atoms with Gasteiger partial charge in [-0.1, -0.05) is 153 Å². The fourth-order valence-electron chi connectivity index (χ4n) is 7.84. The molecule has 7 rings (SSSR count). The number of halogens is 1. The number of esters is 1. The van der Waals surface area contributed by atoms with Crippen LogP contribution >= 0.6 is 0 Å². The van der Waals surface area contributed by atoms with Gasteiger partial charge < -0.3 is 24.8 Å². The summed E-state index contributed by atoms with van der Waals surface area (Å²) >= 11 is 0. The van der Waals surface area contributed by atoms with E-state index >= 15 is 0 Å². The molecule has 8 heteroatoms. The van der Waals surface area contributed by atoms with Crippen molar-refractivity contribution in [3.63, 3.8) is 0 Å². The van der Waals surface area contributed by atoms with E-state index in [4.69, 9.17) is 4.74 Å². The minimum absolute atomic E-state index is 0.114. The van der Waals surface area contributed by atoms with Gasteiger partial charge in [0.1, 0.15) is 5.82 Å². The molecule has 3 N–H and O–H groups in total. The van der Waals surface area contributed by atoms with Crippen molar-refractivity contribution in [1.29, 1.82) is 0 Å². The average molecular weight is 789 g/mol. The summed E-state index contributed by atoms with van der Waals surface area (Å²) in [6, 6.07) is 52.3. The zero-order valence-electron chi connectivity index (χ0n) is 33.0. The summed E-state index contributed by atoms with van der Waals surface area (Å²) in [6.07, 6.45) is -2.57. The molecule has 0 bridgehead atoms. The van der Waals surface area contributed by atoms with Crippen LogP contribution in [0.2, 0.25) is 0 Å². The number of nitrogens with zero attached hydrogens (tertiary/aromatic N) is 1. The summed E-state index contributed by atoms with van der Waals surface area (Å²) in [5.74, 6) is -1.56. The van der Waals surface area contributed by atoms with E-state index in [1.54, 1.807) is 48.5 Å². The lowest BCUT2D eigenvalue weighted by molar-refractivity contribution is -0.165. The molecule has 0 saturated heterocycles. The molecule has 1 aromatic heterocycles. The molecule has 59 heavy (non-hydrogen) atoms. The summed E-state index contributed by atoms with van der Waals surface area (Å²) in [4.78, 5) is 28.4. The van der Waals surface area contributed by atoms with Crippen LogP contribution in [0.15, 0.2) is 176 Å². The van der Waals surface area contributed by atoms with Gasteiger partial charge in [-0.25, -0.2) is 4.39 Å². The number of benzene rings is 6. The van der Waals surface area contributed by atoms with Crippen molar-refractivity contribution in [3.05, 3.63) is 210 Å². The van der Waals surface area contributed by atoms with Crippen molar-refractivity contribution >= 4 is 17.6 Å². The number of para-hydroxylation sites is 1. The standard InChI is InChI=1S/C51H47FN2O5/c1-35(2)47-46(50(57)53-42-26-16-7-17-27-42)45(36-18-8-3-9-19-36)48(37-28-30-41(52)31-29-37)54(47)33-32-43(55)34-44(56)59-49(38-20-10-4-11-21-38)51(58,39-22-12-5-13-23-39)40-24-14-6-15-25-40/h3-31,35,43,49,55,58H,32-34H2,1-2H3,(H,53,57)/t43-,49+/m1/s1/i44+2. The van der Waals surface area contributed by atoms with E-state index in [1.807, 2.05) is 134 Å². The molecular formula is C51H47FN2O5. The second kappa shape index (κ2) is 18.3. The molecule has 1 amide bonds. The number of nitrogens with one attached hydrogen (secondary N) is 1. The topological polar surface area (TPSA) is 101 Å². The lowest BCUT2D eigenvalue weighted by atomic mass is 9.79. The van der Waals surface area contributed by atoms with E-state index in [1.165, 1.54) is 12.1 Å². The number of amides is 1. The molecule has 6 aromatic carbocycles. The summed E-state index contributed by atoms with van der Waals surface area (Å²) in [5.41, 5.74) is 4.57. The summed E-state index contributed by atoms with van der Waals surface area (Å²) in [5, 5.41) is 27.4. The maximum absolute atomic E-state index is 14.5. The highest BCUT2D eigenvalue weighted by Gasteiger charge is 2.44. The summed E-state index contributed by atoms with van der Waals surface area (Å²) < 4.78 is 22.6. The van der Waals surface area contributed by atoms with Crippen molar-refractivity contribution < 1.29 is 28.9 Å². The van der Waals surface area contributed by atoms with Gasteiger partial charge in [0.05, 0.1) is 23.8 Å². The molecule has 0 aliphatic carbocycles. The Bertz CT molecular complexity index is 2420. The average Bonchev–Trinajstić information content (AvgIpc) is 3.62. The number of ether oxygens (including phenoxy) is 1. The number of rotatable bonds is 15. The van der Waals surface area contributed by atoms with Crippen LogP contribution in [0.5, 0.6) is 0 Å². The fraction of sp³-hybridized carbons (Fsp3) is 0.176. The third-order valence-electron chi connectivity index (χ3n) is 10.5. The maximum Gasteiger partial charge on any atom is 0.309 e. The van der Waals surface area contributed by atoms with Gasteiger partial charge >= 0.3 is 5.97 Å². The van der Waals surface area contributed by atoms with Gasteiger partial charge in [0.15, 0.2) is 11.7 Å². The monoisotopic (exact) mass is 788 g/mol. The number of hydrogen-bond donors (Lipinski definition) is 3. The Kier molecular flexibility index (Phi) is 12.6. The predicted octanol–water partition coefficient (Wildman–Crippen LogP) is 10.7. The Morgan fingerprint density at radius 2 is 1.24 bits per heavy atom. The van der Waals surface area contributed by atoms with Crippen LogP contribution in [-0.2, 0) is 21.7 Å². The van der Waals surface area contributed by atoms with Gasteiger partial charge in [-0.3, -0.25) is 9.59 Å². The molecule has 1 heterocycles. The van der Waals surface area contributed by atoms with E-state index in [9.17, 15) is 24.2 Å². The van der Waals surface area contributed by atoms with Gasteiger partial charge in [0.2, 0.25) is 0 Å². The van der Waals surface area contributed by atoms with Gasteiger partial charge in [-0.05, 0) is 76.6 Å². The molecule has 0 aliphatic heterocycles. The molecule has 0 unspecified atom stereocenters. The summed E-state index contributed by atoms with van der Waals surface area (Å²) in [6.45, 7) is 4.23. The Morgan fingerprint density at radius 3 is 1.78 bits per heavy atom. The van der Waals surface area contributed by atoms with Crippen molar-refractivity contribution in [2.45, 2.75) is 57.0 Å². The molecule has 0 saturated carbocycles. The van der Waals surface area contributed by atoms with E-state index in [2.05, 4.69) is 5.32 Å². The highest BCUT2D eigenvalue weighted by Crippen LogP contribution is 2.45. The van der Waals surface area contributed by atoms with Gasteiger partial charge in [-0.2, -0.15) is 0 Å². The van der Waals surface area contributed by atoms with Crippen LogP contribution in [0.25, 0.3) is 22.4 Å². The second-order valence-corrected chi connectivity index (χ2v) is 14.9. The normalized spacial score (nSPS) is 12.5. The number of aliphatic hydroxyl groups is 2. The van der Waals surface area contributed by atoms with Gasteiger partial charge in [0.25, 0.3) is 5.91 Å². The highest BCUT2D eigenvalue weighted by molar-refractivity contribution is 6.12. The Balaban J connectivity index is 1.24. The zero-order chi connectivity index (χ0) is 41.4. The van der Waals surface area contributed by atoms with E-state index in [0.717, 1.165) is 11.3 Å². The lowest BCUT2D eigenvalue weighted by Gasteiger charge is -2.37. The highest BCUT2D eigenvalue weighted by atomic mass is 19.1. The van der Waals surface area contributed by atoms with Crippen molar-refractivity contribution in [1.82, 2.24) is 4.57 Å².